The van der Waals surface area contributed by atoms with E-state index in [4.69, 9.17) is 4.98 Å². The third kappa shape index (κ3) is 3.49. The molecule has 0 saturated heterocycles. The predicted molar refractivity (Wildman–Crippen MR) is 107 cm³/mol. The second-order valence-electron chi connectivity index (χ2n) is 7.63. The van der Waals surface area contributed by atoms with Gasteiger partial charge in [-0.05, 0) is 55.2 Å². The molecule has 2 heteroatoms. The van der Waals surface area contributed by atoms with Gasteiger partial charge in [0.25, 0.3) is 0 Å². The first-order valence-corrected chi connectivity index (χ1v) is 9.50. The Morgan fingerprint density at radius 2 is 1.88 bits per heavy atom. The minimum Gasteiger partial charge on any atom is -0.300 e. The molecule has 1 aliphatic carbocycles. The van der Waals surface area contributed by atoms with E-state index in [0.29, 0.717) is 11.8 Å². The largest absolute Gasteiger partial charge is 0.300 e. The molecule has 0 atom stereocenters. The van der Waals surface area contributed by atoms with Crippen molar-refractivity contribution in [2.45, 2.75) is 53.4 Å². The van der Waals surface area contributed by atoms with Crippen LogP contribution in [0.3, 0.4) is 0 Å². The summed E-state index contributed by atoms with van der Waals surface area (Å²) < 4.78 is 2.28. The van der Waals surface area contributed by atoms with E-state index >= 15 is 0 Å². The van der Waals surface area contributed by atoms with Crippen molar-refractivity contribution < 1.29 is 0 Å². The molecule has 0 bridgehead atoms. The van der Waals surface area contributed by atoms with Gasteiger partial charge in [0.15, 0.2) is 0 Å². The summed E-state index contributed by atoms with van der Waals surface area (Å²) >= 11 is 0. The van der Waals surface area contributed by atoms with Crippen LogP contribution < -0.4 is 0 Å². The minimum absolute atomic E-state index is 0.486. The second kappa shape index (κ2) is 7.43. The van der Waals surface area contributed by atoms with Crippen molar-refractivity contribution in [1.82, 2.24) is 9.55 Å². The first kappa shape index (κ1) is 17.7. The Labute approximate surface area is 152 Å². The van der Waals surface area contributed by atoms with Gasteiger partial charge in [0.1, 0.15) is 5.82 Å². The number of benzene rings is 1. The van der Waals surface area contributed by atoms with E-state index in [1.54, 1.807) is 0 Å². The zero-order valence-electron chi connectivity index (χ0n) is 16.0. The first-order chi connectivity index (χ1) is 12.0. The average molecular weight is 335 g/mol. The van der Waals surface area contributed by atoms with Crippen molar-refractivity contribution in [2.75, 3.05) is 0 Å². The highest BCUT2D eigenvalue weighted by Crippen LogP contribution is 2.39. The van der Waals surface area contributed by atoms with Crippen molar-refractivity contribution in [1.29, 1.82) is 0 Å². The van der Waals surface area contributed by atoms with Crippen molar-refractivity contribution in [3.63, 3.8) is 0 Å². The summed E-state index contributed by atoms with van der Waals surface area (Å²) in [5.74, 6) is 2.11. The molecule has 2 aromatic rings. The van der Waals surface area contributed by atoms with Gasteiger partial charge in [-0.3, -0.25) is 4.57 Å². The van der Waals surface area contributed by atoms with Gasteiger partial charge in [-0.2, -0.15) is 0 Å². The standard InChI is InChI=1S/C23H30N2/c1-16(2)18(4)22(19(5)20-11-7-8-12-20)25-15-14-24-23(25)21-13-9-6-10-17(21)3/h6,9-10,13-16,20H,5,7-8,11-12H2,1-4H3/b22-18+. The molecule has 2 nitrogen and oxygen atoms in total. The monoisotopic (exact) mass is 334 g/mol. The molecule has 1 saturated carbocycles. The normalized spacial score (nSPS) is 16.4. The molecule has 132 valence electrons. The molecular formula is C23H30N2. The van der Waals surface area contributed by atoms with E-state index < -0.39 is 0 Å². The number of nitrogens with zero attached hydrogens (tertiary/aromatic N) is 2. The molecule has 0 aliphatic heterocycles. The van der Waals surface area contributed by atoms with E-state index in [9.17, 15) is 0 Å². The number of imidazole rings is 1. The summed E-state index contributed by atoms with van der Waals surface area (Å²) in [7, 11) is 0. The van der Waals surface area contributed by atoms with Crippen LogP contribution in [0.5, 0.6) is 0 Å². The molecule has 1 aromatic heterocycles. The Hall–Kier alpha value is -2.09. The number of allylic oxidation sites excluding steroid dienone is 3. The Bertz CT molecular complexity index is 786. The number of hydrogen-bond acceptors (Lipinski definition) is 1. The number of aromatic nitrogens is 2. The lowest BCUT2D eigenvalue weighted by Gasteiger charge is -2.24. The maximum Gasteiger partial charge on any atom is 0.144 e. The molecule has 25 heavy (non-hydrogen) atoms. The zero-order chi connectivity index (χ0) is 18.0. The van der Waals surface area contributed by atoms with Gasteiger partial charge in [0.05, 0.1) is 0 Å². The van der Waals surface area contributed by atoms with Crippen LogP contribution in [0.2, 0.25) is 0 Å². The molecule has 0 radical (unpaired) electrons. The SMILES string of the molecule is C=C(/C(=C(/C)C(C)C)n1ccnc1-c1ccccc1C)C1CCCC1. The van der Waals surface area contributed by atoms with Crippen LogP contribution in [-0.2, 0) is 0 Å². The van der Waals surface area contributed by atoms with Crippen LogP contribution in [0.15, 0.2) is 54.4 Å². The molecule has 1 fully saturated rings. The molecule has 1 aliphatic rings. The third-order valence-electron chi connectivity index (χ3n) is 5.66. The Balaban J connectivity index is 2.13. The maximum atomic E-state index is 4.71. The lowest BCUT2D eigenvalue weighted by molar-refractivity contribution is 0.651. The van der Waals surface area contributed by atoms with Crippen molar-refractivity contribution >= 4 is 5.70 Å². The molecule has 1 aromatic carbocycles. The van der Waals surface area contributed by atoms with Gasteiger partial charge >= 0.3 is 0 Å². The summed E-state index contributed by atoms with van der Waals surface area (Å²) in [4.78, 5) is 4.71. The summed E-state index contributed by atoms with van der Waals surface area (Å²) in [6, 6.07) is 8.49. The summed E-state index contributed by atoms with van der Waals surface area (Å²) in [6.45, 7) is 13.5. The highest BCUT2D eigenvalue weighted by atomic mass is 15.1. The fourth-order valence-electron chi connectivity index (χ4n) is 3.85. The maximum absolute atomic E-state index is 4.71. The van der Waals surface area contributed by atoms with Crippen molar-refractivity contribution in [3.05, 3.63) is 59.9 Å². The fourth-order valence-corrected chi connectivity index (χ4v) is 3.85. The van der Waals surface area contributed by atoms with Crippen LogP contribution in [0.1, 0.15) is 52.0 Å². The molecule has 3 rings (SSSR count). The minimum atomic E-state index is 0.486. The number of aryl methyl sites for hydroxylation is 1. The lowest BCUT2D eigenvalue weighted by atomic mass is 9.90. The van der Waals surface area contributed by atoms with E-state index in [-0.39, 0.29) is 0 Å². The van der Waals surface area contributed by atoms with Gasteiger partial charge < -0.3 is 0 Å². The summed E-state index contributed by atoms with van der Waals surface area (Å²) in [6.07, 6.45) is 9.20. The zero-order valence-corrected chi connectivity index (χ0v) is 16.0. The van der Waals surface area contributed by atoms with Gasteiger partial charge in [0, 0.05) is 23.7 Å². The summed E-state index contributed by atoms with van der Waals surface area (Å²) in [5, 5.41) is 0. The lowest BCUT2D eigenvalue weighted by Crippen LogP contribution is -2.11. The van der Waals surface area contributed by atoms with Crippen molar-refractivity contribution in [3.8, 4) is 11.4 Å². The molecule has 0 N–H and O–H groups in total. The van der Waals surface area contributed by atoms with E-state index in [1.807, 2.05) is 6.20 Å². The Kier molecular flexibility index (Phi) is 5.27. The third-order valence-corrected chi connectivity index (χ3v) is 5.66. The molecular weight excluding hydrogens is 304 g/mol. The van der Waals surface area contributed by atoms with Gasteiger partial charge in [-0.25, -0.2) is 4.98 Å². The quantitative estimate of drug-likeness (QED) is 0.571. The molecule has 0 amide bonds. The fraction of sp³-hybridized carbons (Fsp3) is 0.435. The smallest absolute Gasteiger partial charge is 0.144 e. The second-order valence-corrected chi connectivity index (χ2v) is 7.63. The van der Waals surface area contributed by atoms with Crippen LogP contribution in [0, 0.1) is 18.8 Å². The predicted octanol–water partition coefficient (Wildman–Crippen LogP) is 6.49. The first-order valence-electron chi connectivity index (χ1n) is 9.50. The van der Waals surface area contributed by atoms with E-state index in [2.05, 4.69) is 69.3 Å². The van der Waals surface area contributed by atoms with Crippen molar-refractivity contribution in [2.24, 2.45) is 11.8 Å². The van der Waals surface area contributed by atoms with Crippen LogP contribution in [0.25, 0.3) is 17.1 Å². The van der Waals surface area contributed by atoms with Crippen LogP contribution in [0.4, 0.5) is 0 Å². The molecule has 0 unspecified atom stereocenters. The Morgan fingerprint density at radius 3 is 2.52 bits per heavy atom. The average Bonchev–Trinajstić information content (AvgIpc) is 3.27. The topological polar surface area (TPSA) is 17.8 Å². The summed E-state index contributed by atoms with van der Waals surface area (Å²) in [5.41, 5.74) is 6.41. The van der Waals surface area contributed by atoms with Gasteiger partial charge in [-0.1, -0.05) is 57.5 Å². The Morgan fingerprint density at radius 1 is 1.20 bits per heavy atom. The van der Waals surface area contributed by atoms with E-state index in [0.717, 1.165) is 5.82 Å². The van der Waals surface area contributed by atoms with E-state index in [1.165, 1.54) is 53.7 Å². The highest BCUT2D eigenvalue weighted by molar-refractivity contribution is 5.74. The highest BCUT2D eigenvalue weighted by Gasteiger charge is 2.25. The molecule has 0 spiro atoms. The van der Waals surface area contributed by atoms with Crippen LogP contribution in [-0.4, -0.2) is 9.55 Å². The van der Waals surface area contributed by atoms with Gasteiger partial charge in [-0.15, -0.1) is 0 Å². The number of hydrogen-bond donors (Lipinski definition) is 0. The molecule has 1 heterocycles. The van der Waals surface area contributed by atoms with Gasteiger partial charge in [0.2, 0.25) is 0 Å². The van der Waals surface area contributed by atoms with Crippen LogP contribution >= 0.6 is 0 Å². The number of rotatable bonds is 5.